The van der Waals surface area contributed by atoms with Gasteiger partial charge in [-0.15, -0.1) is 0 Å². The van der Waals surface area contributed by atoms with Gasteiger partial charge in [-0.1, -0.05) is 0 Å². The highest BCUT2D eigenvalue weighted by atomic mass is 32.2. The van der Waals surface area contributed by atoms with Gasteiger partial charge in [-0.2, -0.15) is 12.7 Å². The molecule has 0 N–H and O–H groups in total. The summed E-state index contributed by atoms with van der Waals surface area (Å²) in [5.74, 6) is -0.218. The topological polar surface area (TPSA) is 80.8 Å². The minimum absolute atomic E-state index is 0.218. The summed E-state index contributed by atoms with van der Waals surface area (Å²) in [5.41, 5.74) is 0. The highest BCUT2D eigenvalue weighted by Crippen LogP contribution is 2.33. The Morgan fingerprint density at radius 1 is 1.40 bits per heavy atom. The lowest BCUT2D eigenvalue weighted by Gasteiger charge is -2.16. The molecule has 2 saturated heterocycles. The molecular weight excluding hydrogens is 242 g/mol. The summed E-state index contributed by atoms with van der Waals surface area (Å²) in [6.07, 6.45) is 1.66. The second kappa shape index (κ2) is 3.41. The Morgan fingerprint density at radius 2 is 2.07 bits per heavy atom. The Morgan fingerprint density at radius 3 is 2.67 bits per heavy atom. The third-order valence-electron chi connectivity index (χ3n) is 2.71. The molecule has 0 saturated carbocycles. The van der Waals surface area contributed by atoms with Crippen molar-refractivity contribution in [2.75, 3.05) is 18.6 Å². The van der Waals surface area contributed by atoms with Crippen molar-refractivity contribution in [2.24, 2.45) is 0 Å². The van der Waals surface area contributed by atoms with Crippen molar-refractivity contribution in [1.82, 2.24) is 4.31 Å². The first-order chi connectivity index (χ1) is 6.80. The van der Waals surface area contributed by atoms with Crippen molar-refractivity contribution < 1.29 is 21.0 Å². The predicted octanol–water partition coefficient (Wildman–Crippen LogP) is -0.861. The summed E-state index contributed by atoms with van der Waals surface area (Å²) >= 11 is 0. The molecule has 0 spiro atoms. The van der Waals surface area contributed by atoms with Gasteiger partial charge in [-0.3, -0.25) is 4.18 Å². The fourth-order valence-corrected chi connectivity index (χ4v) is 4.90. The van der Waals surface area contributed by atoms with Crippen LogP contribution in [0.4, 0.5) is 0 Å². The minimum atomic E-state index is -3.59. The molecule has 2 rings (SSSR count). The second-order valence-corrected chi connectivity index (χ2v) is 7.50. The van der Waals surface area contributed by atoms with Crippen LogP contribution in [-0.2, 0) is 24.3 Å². The van der Waals surface area contributed by atoms with E-state index in [4.69, 9.17) is 4.18 Å². The Bertz CT molecular complexity index is 452. The lowest BCUT2D eigenvalue weighted by Crippen LogP contribution is -2.33. The van der Waals surface area contributed by atoms with Crippen LogP contribution in [0.15, 0.2) is 0 Å². The summed E-state index contributed by atoms with van der Waals surface area (Å²) in [7, 11) is -6.89. The first-order valence-electron chi connectivity index (χ1n) is 4.67. The number of hydrogen-bond donors (Lipinski definition) is 0. The molecule has 8 heteroatoms. The van der Waals surface area contributed by atoms with Crippen molar-refractivity contribution >= 4 is 20.1 Å². The predicted molar refractivity (Wildman–Crippen MR) is 53.2 cm³/mol. The van der Waals surface area contributed by atoms with Crippen LogP contribution in [0.2, 0.25) is 0 Å². The van der Waals surface area contributed by atoms with Crippen LogP contribution in [0.3, 0.4) is 0 Å². The maximum absolute atomic E-state index is 11.6. The van der Waals surface area contributed by atoms with Crippen LogP contribution in [0.25, 0.3) is 0 Å². The van der Waals surface area contributed by atoms with Gasteiger partial charge in [0.1, 0.15) is 6.10 Å². The van der Waals surface area contributed by atoms with Gasteiger partial charge in [0, 0.05) is 6.54 Å². The van der Waals surface area contributed by atoms with Crippen molar-refractivity contribution in [3.05, 3.63) is 0 Å². The van der Waals surface area contributed by atoms with Crippen molar-refractivity contribution in [3.8, 4) is 0 Å². The standard InChI is InChI=1S/C7H13NO5S2/c1-14(9,10)13-7-5-15(11,12)8-4-2-3-6(7)8/h6-7H,2-5H2,1H3. The first-order valence-corrected chi connectivity index (χ1v) is 8.10. The zero-order valence-electron chi connectivity index (χ0n) is 8.29. The molecule has 2 aliphatic heterocycles. The number of sulfonamides is 1. The molecular formula is C7H13NO5S2. The van der Waals surface area contributed by atoms with Gasteiger partial charge in [0.2, 0.25) is 10.0 Å². The highest BCUT2D eigenvalue weighted by molar-refractivity contribution is 7.89. The minimum Gasteiger partial charge on any atom is -0.264 e. The van der Waals surface area contributed by atoms with Crippen LogP contribution < -0.4 is 0 Å². The van der Waals surface area contributed by atoms with E-state index < -0.39 is 26.2 Å². The van der Waals surface area contributed by atoms with Gasteiger partial charge in [-0.25, -0.2) is 8.42 Å². The molecule has 88 valence electrons. The van der Waals surface area contributed by atoms with Gasteiger partial charge in [-0.05, 0) is 12.8 Å². The Hall–Kier alpha value is -0.180. The molecule has 0 radical (unpaired) electrons. The van der Waals surface area contributed by atoms with Gasteiger partial charge in [0.15, 0.2) is 0 Å². The van der Waals surface area contributed by atoms with E-state index in [1.807, 2.05) is 0 Å². The molecule has 2 aliphatic rings. The lowest BCUT2D eigenvalue weighted by molar-refractivity contribution is 0.179. The van der Waals surface area contributed by atoms with Crippen molar-refractivity contribution in [2.45, 2.75) is 25.0 Å². The largest absolute Gasteiger partial charge is 0.264 e. The maximum atomic E-state index is 11.6. The Balaban J connectivity index is 2.23. The third-order valence-corrected chi connectivity index (χ3v) is 5.22. The third kappa shape index (κ3) is 2.17. The monoisotopic (exact) mass is 255 g/mol. The van der Waals surface area contributed by atoms with E-state index in [9.17, 15) is 16.8 Å². The molecule has 0 aromatic carbocycles. The molecule has 2 heterocycles. The summed E-state index contributed by atoms with van der Waals surface area (Å²) < 4.78 is 51.2. The lowest BCUT2D eigenvalue weighted by atomic mass is 10.1. The molecule has 0 bridgehead atoms. The van der Waals surface area contributed by atoms with E-state index in [1.165, 1.54) is 4.31 Å². The van der Waals surface area contributed by atoms with Crippen molar-refractivity contribution in [3.63, 3.8) is 0 Å². The van der Waals surface area contributed by atoms with E-state index in [0.717, 1.165) is 12.7 Å². The zero-order chi connectivity index (χ0) is 11.3. The number of hydrogen-bond acceptors (Lipinski definition) is 5. The SMILES string of the molecule is CS(=O)(=O)OC1CS(=O)(=O)N2CCCC12. The fourth-order valence-electron chi connectivity index (χ4n) is 2.21. The molecule has 2 atom stereocenters. The van der Waals surface area contributed by atoms with Crippen LogP contribution in [0.5, 0.6) is 0 Å². The average molecular weight is 255 g/mol. The second-order valence-electron chi connectivity index (χ2n) is 3.94. The normalized spacial score (nSPS) is 35.5. The van der Waals surface area contributed by atoms with E-state index in [0.29, 0.717) is 13.0 Å². The van der Waals surface area contributed by atoms with E-state index in [-0.39, 0.29) is 11.8 Å². The summed E-state index contributed by atoms with van der Waals surface area (Å²) in [4.78, 5) is 0. The Kier molecular flexibility index (Phi) is 2.57. The summed E-state index contributed by atoms with van der Waals surface area (Å²) in [6.45, 7) is 0.483. The van der Waals surface area contributed by atoms with Crippen LogP contribution >= 0.6 is 0 Å². The zero-order valence-corrected chi connectivity index (χ0v) is 9.92. The van der Waals surface area contributed by atoms with Crippen LogP contribution in [0, 0.1) is 0 Å². The molecule has 0 amide bonds. The molecule has 0 aliphatic carbocycles. The molecule has 0 aromatic heterocycles. The maximum Gasteiger partial charge on any atom is 0.264 e. The van der Waals surface area contributed by atoms with E-state index in [1.54, 1.807) is 0 Å². The highest BCUT2D eigenvalue weighted by Gasteiger charge is 2.49. The summed E-state index contributed by atoms with van der Waals surface area (Å²) in [5, 5.41) is 0. The van der Waals surface area contributed by atoms with Crippen LogP contribution in [0.1, 0.15) is 12.8 Å². The smallest absolute Gasteiger partial charge is 0.264 e. The van der Waals surface area contributed by atoms with Gasteiger partial charge in [0.25, 0.3) is 10.1 Å². The quantitative estimate of drug-likeness (QED) is 0.600. The summed E-state index contributed by atoms with van der Waals surface area (Å²) in [6, 6.07) is -0.287. The average Bonchev–Trinajstić information content (AvgIpc) is 2.52. The number of nitrogens with zero attached hydrogens (tertiary/aromatic N) is 1. The van der Waals surface area contributed by atoms with Crippen molar-refractivity contribution in [1.29, 1.82) is 0 Å². The fraction of sp³-hybridized carbons (Fsp3) is 1.00. The molecule has 6 nitrogen and oxygen atoms in total. The molecule has 2 fully saturated rings. The molecule has 0 aromatic rings. The van der Waals surface area contributed by atoms with E-state index >= 15 is 0 Å². The molecule has 15 heavy (non-hydrogen) atoms. The van der Waals surface area contributed by atoms with Gasteiger partial charge in [0.05, 0.1) is 18.1 Å². The van der Waals surface area contributed by atoms with Crippen LogP contribution in [-0.4, -0.2) is 51.8 Å². The number of rotatable bonds is 2. The Labute approximate surface area is 89.4 Å². The first kappa shape index (κ1) is 11.3. The van der Waals surface area contributed by atoms with Gasteiger partial charge >= 0.3 is 0 Å². The van der Waals surface area contributed by atoms with Gasteiger partial charge < -0.3 is 0 Å². The van der Waals surface area contributed by atoms with E-state index in [2.05, 4.69) is 0 Å². The molecule has 2 unspecified atom stereocenters. The number of fused-ring (bicyclic) bond motifs is 1.